The molecule has 2 fully saturated rings. The van der Waals surface area contributed by atoms with Gasteiger partial charge in [-0.2, -0.15) is 0 Å². The second-order valence-electron chi connectivity index (χ2n) is 9.33. The largest absolute Gasteiger partial charge is 0.492 e. The fourth-order valence-corrected chi connectivity index (χ4v) is 4.85. The maximum Gasteiger partial charge on any atom is 0.251 e. The number of aromatic amines is 1. The van der Waals surface area contributed by atoms with Crippen molar-refractivity contribution in [1.82, 2.24) is 9.88 Å². The highest BCUT2D eigenvalue weighted by molar-refractivity contribution is 6.32. The minimum atomic E-state index is 0.0251. The molecule has 6 heteroatoms. The van der Waals surface area contributed by atoms with E-state index in [9.17, 15) is 4.79 Å². The molecule has 2 aliphatic rings. The van der Waals surface area contributed by atoms with E-state index in [0.717, 1.165) is 87.3 Å². The van der Waals surface area contributed by atoms with Gasteiger partial charge in [0, 0.05) is 36.6 Å². The van der Waals surface area contributed by atoms with Crippen LogP contribution >= 0.6 is 11.6 Å². The van der Waals surface area contributed by atoms with Gasteiger partial charge in [0.05, 0.1) is 11.6 Å². The average Bonchev–Trinajstić information content (AvgIpc) is 3.69. The Morgan fingerprint density at radius 3 is 2.56 bits per heavy atom. The van der Waals surface area contributed by atoms with E-state index in [1.807, 2.05) is 30.3 Å². The van der Waals surface area contributed by atoms with E-state index in [4.69, 9.17) is 21.1 Å². The number of halogens is 1. The summed E-state index contributed by atoms with van der Waals surface area (Å²) in [4.78, 5) is 18.3. The lowest BCUT2D eigenvalue weighted by molar-refractivity contribution is 0.0786. The molecule has 5 nitrogen and oxygen atoms in total. The molecule has 0 unspecified atom stereocenters. The number of H-pyrrole nitrogens is 1. The van der Waals surface area contributed by atoms with E-state index in [2.05, 4.69) is 29.8 Å². The number of rotatable bonds is 11. The number of nitrogens with zero attached hydrogens (tertiary/aromatic N) is 1. The number of nitrogens with one attached hydrogen (secondary N) is 1. The molecule has 1 saturated heterocycles. The SMILES string of the molecule is CCN(CC)CCCOc1ccc(/C(=C\C2CCOCC2)c2ccc(C3CC3)c(=O)[nH]2)cc1Cl. The maximum absolute atomic E-state index is 12.8. The van der Waals surface area contributed by atoms with Crippen molar-refractivity contribution in [2.45, 2.75) is 51.9 Å². The van der Waals surface area contributed by atoms with E-state index >= 15 is 0 Å². The number of ether oxygens (including phenoxy) is 2. The summed E-state index contributed by atoms with van der Waals surface area (Å²) in [5.41, 5.74) is 3.77. The number of benzene rings is 1. The lowest BCUT2D eigenvalue weighted by atomic mass is 9.92. The predicted molar refractivity (Wildman–Crippen MR) is 139 cm³/mol. The molecule has 1 aromatic heterocycles. The molecule has 184 valence electrons. The van der Waals surface area contributed by atoms with Crippen molar-refractivity contribution in [2.75, 3.05) is 39.5 Å². The molecule has 0 atom stereocenters. The lowest BCUT2D eigenvalue weighted by Crippen LogP contribution is -2.25. The molecule has 0 amide bonds. The molecule has 0 spiro atoms. The van der Waals surface area contributed by atoms with Crippen molar-refractivity contribution in [3.05, 3.63) is 68.6 Å². The highest BCUT2D eigenvalue weighted by Gasteiger charge is 2.26. The molecule has 1 aromatic carbocycles. The fraction of sp³-hybridized carbons (Fsp3) is 0.536. The van der Waals surface area contributed by atoms with Gasteiger partial charge in [0.25, 0.3) is 5.56 Å². The maximum atomic E-state index is 12.8. The van der Waals surface area contributed by atoms with Crippen LogP contribution in [0.15, 0.2) is 41.2 Å². The standard InChI is InChI=1S/C28H37ClN2O3/c1-3-31(4-2)14-5-15-34-27-11-8-22(19-25(27)29)24(18-20-12-16-33-17-13-20)26-10-9-23(21-6-7-21)28(32)30-26/h8-11,18-21H,3-7,12-17H2,1-2H3,(H,30,32)/b24-18+. The number of pyridine rings is 1. The van der Waals surface area contributed by atoms with Gasteiger partial charge in [0.15, 0.2) is 0 Å². The summed E-state index contributed by atoms with van der Waals surface area (Å²) in [7, 11) is 0. The first-order valence-electron chi connectivity index (χ1n) is 12.8. The van der Waals surface area contributed by atoms with Crippen molar-refractivity contribution >= 4 is 17.2 Å². The van der Waals surface area contributed by atoms with Gasteiger partial charge < -0.3 is 19.4 Å². The zero-order chi connectivity index (χ0) is 23.9. The highest BCUT2D eigenvalue weighted by atomic mass is 35.5. The summed E-state index contributed by atoms with van der Waals surface area (Å²) in [6.45, 7) is 9.66. The minimum Gasteiger partial charge on any atom is -0.492 e. The van der Waals surface area contributed by atoms with Crippen LogP contribution in [0.25, 0.3) is 5.57 Å². The quantitative estimate of drug-likeness (QED) is 0.405. The summed E-state index contributed by atoms with van der Waals surface area (Å²) < 4.78 is 11.5. The molecule has 2 aromatic rings. The number of hydrogen-bond donors (Lipinski definition) is 1. The van der Waals surface area contributed by atoms with E-state index in [1.54, 1.807) is 0 Å². The van der Waals surface area contributed by atoms with Crippen LogP contribution in [0.1, 0.15) is 68.7 Å². The van der Waals surface area contributed by atoms with Crippen LogP contribution in [0.5, 0.6) is 5.75 Å². The van der Waals surface area contributed by atoms with E-state index in [-0.39, 0.29) is 5.56 Å². The van der Waals surface area contributed by atoms with Crippen LogP contribution in [0.2, 0.25) is 5.02 Å². The van der Waals surface area contributed by atoms with Gasteiger partial charge in [0.1, 0.15) is 5.75 Å². The number of aromatic nitrogens is 1. The summed E-state index contributed by atoms with van der Waals surface area (Å²) in [6.07, 6.45) is 7.42. The van der Waals surface area contributed by atoms with Gasteiger partial charge in [-0.15, -0.1) is 0 Å². The topological polar surface area (TPSA) is 54.6 Å². The van der Waals surface area contributed by atoms with Gasteiger partial charge in [-0.05, 0) is 80.8 Å². The van der Waals surface area contributed by atoms with Gasteiger partial charge >= 0.3 is 0 Å². The first-order valence-corrected chi connectivity index (χ1v) is 13.1. The first kappa shape index (κ1) is 25.0. The summed E-state index contributed by atoms with van der Waals surface area (Å²) in [5.74, 6) is 1.53. The number of hydrogen-bond acceptors (Lipinski definition) is 4. The Balaban J connectivity index is 1.54. The molecule has 34 heavy (non-hydrogen) atoms. The minimum absolute atomic E-state index is 0.0251. The van der Waals surface area contributed by atoms with Crippen LogP contribution in [0.3, 0.4) is 0 Å². The van der Waals surface area contributed by atoms with Crippen molar-refractivity contribution < 1.29 is 9.47 Å². The smallest absolute Gasteiger partial charge is 0.251 e. The van der Waals surface area contributed by atoms with E-state index < -0.39 is 0 Å². The van der Waals surface area contributed by atoms with Crippen LogP contribution in [0.4, 0.5) is 0 Å². The zero-order valence-electron chi connectivity index (χ0n) is 20.4. The molecule has 4 rings (SSSR count). The summed E-state index contributed by atoms with van der Waals surface area (Å²) >= 11 is 6.65. The third kappa shape index (κ3) is 6.53. The first-order chi connectivity index (χ1) is 16.6. The molecule has 1 aliphatic carbocycles. The molecule has 1 N–H and O–H groups in total. The molecule has 2 heterocycles. The normalized spacial score (nSPS) is 17.4. The van der Waals surface area contributed by atoms with E-state index in [0.29, 0.717) is 29.2 Å². The molecular formula is C28H37ClN2O3. The van der Waals surface area contributed by atoms with Crippen LogP contribution < -0.4 is 10.3 Å². The Hall–Kier alpha value is -2.08. The summed E-state index contributed by atoms with van der Waals surface area (Å²) in [6, 6.07) is 10.00. The Kier molecular flexibility index (Phi) is 8.87. The Morgan fingerprint density at radius 1 is 1.15 bits per heavy atom. The Bertz CT molecular complexity index is 1030. The third-order valence-electron chi connectivity index (χ3n) is 6.93. The Labute approximate surface area is 208 Å². The third-order valence-corrected chi connectivity index (χ3v) is 7.22. The molecule has 1 saturated carbocycles. The summed E-state index contributed by atoms with van der Waals surface area (Å²) in [5, 5.41) is 0.593. The van der Waals surface area contributed by atoms with Crippen LogP contribution in [-0.4, -0.2) is 49.3 Å². The van der Waals surface area contributed by atoms with Crippen LogP contribution in [0, 0.1) is 5.92 Å². The fourth-order valence-electron chi connectivity index (χ4n) is 4.61. The second kappa shape index (κ2) is 12.1. The lowest BCUT2D eigenvalue weighted by Gasteiger charge is -2.21. The van der Waals surface area contributed by atoms with Gasteiger partial charge in [0.2, 0.25) is 0 Å². The second-order valence-corrected chi connectivity index (χ2v) is 9.74. The monoisotopic (exact) mass is 484 g/mol. The van der Waals surface area contributed by atoms with Gasteiger partial charge in [-0.3, -0.25) is 4.79 Å². The van der Waals surface area contributed by atoms with Crippen LogP contribution in [-0.2, 0) is 4.74 Å². The van der Waals surface area contributed by atoms with Crippen molar-refractivity contribution in [3.8, 4) is 5.75 Å². The van der Waals surface area contributed by atoms with Crippen molar-refractivity contribution in [2.24, 2.45) is 5.92 Å². The number of allylic oxidation sites excluding steroid dienone is 1. The molecular weight excluding hydrogens is 448 g/mol. The van der Waals surface area contributed by atoms with E-state index in [1.165, 1.54) is 0 Å². The average molecular weight is 485 g/mol. The predicted octanol–water partition coefficient (Wildman–Crippen LogP) is 5.87. The molecule has 0 radical (unpaired) electrons. The molecule has 1 aliphatic heterocycles. The zero-order valence-corrected chi connectivity index (χ0v) is 21.2. The van der Waals surface area contributed by atoms with Gasteiger partial charge in [-0.1, -0.05) is 43.7 Å². The van der Waals surface area contributed by atoms with Crippen molar-refractivity contribution in [1.29, 1.82) is 0 Å². The Morgan fingerprint density at radius 2 is 1.91 bits per heavy atom. The van der Waals surface area contributed by atoms with Gasteiger partial charge in [-0.25, -0.2) is 0 Å². The van der Waals surface area contributed by atoms with Crippen molar-refractivity contribution in [3.63, 3.8) is 0 Å². The highest BCUT2D eigenvalue weighted by Crippen LogP contribution is 2.39. The molecule has 0 bridgehead atoms.